The molecular weight excluding hydrogens is 226 g/mol. The molecule has 1 N–H and O–H groups in total. The molecule has 0 aromatic heterocycles. The standard InChI is InChI=1S/C11H19NO5/c1-3-9-5-17-8(2)4-12(9)10(13)6-16-7-11(14)15/h8-9H,3-7H2,1-2H3,(H,14,15). The van der Waals surface area contributed by atoms with E-state index in [1.807, 2.05) is 13.8 Å². The van der Waals surface area contributed by atoms with Crippen LogP contribution < -0.4 is 0 Å². The first kappa shape index (κ1) is 13.9. The van der Waals surface area contributed by atoms with Crippen LogP contribution in [0.25, 0.3) is 0 Å². The Balaban J connectivity index is 2.44. The minimum absolute atomic E-state index is 0.0150. The number of hydrogen-bond acceptors (Lipinski definition) is 4. The van der Waals surface area contributed by atoms with Crippen LogP contribution in [0.5, 0.6) is 0 Å². The van der Waals surface area contributed by atoms with Crippen molar-refractivity contribution in [3.8, 4) is 0 Å². The number of carbonyl (C=O) groups excluding carboxylic acids is 1. The summed E-state index contributed by atoms with van der Waals surface area (Å²) in [6.07, 6.45) is 0.832. The third-order valence-corrected chi connectivity index (χ3v) is 2.71. The Kier molecular flexibility index (Phi) is 5.37. The highest BCUT2D eigenvalue weighted by Gasteiger charge is 2.29. The highest BCUT2D eigenvalue weighted by atomic mass is 16.5. The van der Waals surface area contributed by atoms with Crippen molar-refractivity contribution in [3.63, 3.8) is 0 Å². The van der Waals surface area contributed by atoms with Gasteiger partial charge in [-0.05, 0) is 13.3 Å². The van der Waals surface area contributed by atoms with E-state index in [4.69, 9.17) is 14.6 Å². The lowest BCUT2D eigenvalue weighted by atomic mass is 10.1. The van der Waals surface area contributed by atoms with Crippen molar-refractivity contribution in [1.29, 1.82) is 0 Å². The zero-order valence-corrected chi connectivity index (χ0v) is 10.2. The predicted octanol–water partition coefficient (Wildman–Crippen LogP) is 0.114. The predicted molar refractivity (Wildman–Crippen MR) is 59.7 cm³/mol. The lowest BCUT2D eigenvalue weighted by Crippen LogP contribution is -2.52. The molecule has 1 amide bonds. The summed E-state index contributed by atoms with van der Waals surface area (Å²) in [5.41, 5.74) is 0. The number of carboxylic acid groups (broad SMARTS) is 1. The number of carboxylic acids is 1. The SMILES string of the molecule is CCC1COC(C)CN1C(=O)COCC(=O)O. The lowest BCUT2D eigenvalue weighted by molar-refractivity contribution is -0.152. The molecule has 0 aliphatic carbocycles. The molecule has 6 heteroatoms. The fourth-order valence-electron chi connectivity index (χ4n) is 1.80. The van der Waals surface area contributed by atoms with Gasteiger partial charge in [0.1, 0.15) is 13.2 Å². The summed E-state index contributed by atoms with van der Waals surface area (Å²) in [4.78, 5) is 23.8. The van der Waals surface area contributed by atoms with Crippen molar-refractivity contribution in [2.45, 2.75) is 32.4 Å². The summed E-state index contributed by atoms with van der Waals surface area (Å²) in [6, 6.07) is 0.0622. The van der Waals surface area contributed by atoms with Crippen molar-refractivity contribution < 1.29 is 24.2 Å². The first-order valence-electron chi connectivity index (χ1n) is 5.75. The number of carbonyl (C=O) groups is 2. The number of ether oxygens (including phenoxy) is 2. The summed E-state index contributed by atoms with van der Waals surface area (Å²) in [5, 5.41) is 8.41. The van der Waals surface area contributed by atoms with E-state index in [0.29, 0.717) is 13.2 Å². The zero-order chi connectivity index (χ0) is 12.8. The van der Waals surface area contributed by atoms with Crippen LogP contribution in [0.4, 0.5) is 0 Å². The summed E-state index contributed by atoms with van der Waals surface area (Å²) >= 11 is 0. The Hall–Kier alpha value is -1.14. The van der Waals surface area contributed by atoms with Crippen molar-refractivity contribution in [3.05, 3.63) is 0 Å². The van der Waals surface area contributed by atoms with Crippen LogP contribution in [0.2, 0.25) is 0 Å². The summed E-state index contributed by atoms with van der Waals surface area (Å²) in [6.45, 7) is 4.33. The second-order valence-electron chi connectivity index (χ2n) is 4.14. The van der Waals surface area contributed by atoms with E-state index in [9.17, 15) is 9.59 Å². The number of nitrogens with zero attached hydrogens (tertiary/aromatic N) is 1. The van der Waals surface area contributed by atoms with Crippen LogP contribution in [0.3, 0.4) is 0 Å². The van der Waals surface area contributed by atoms with Crippen molar-refractivity contribution in [2.24, 2.45) is 0 Å². The van der Waals surface area contributed by atoms with Crippen LogP contribution in [0.15, 0.2) is 0 Å². The van der Waals surface area contributed by atoms with Gasteiger partial charge in [0.05, 0.1) is 18.8 Å². The normalized spacial score (nSPS) is 24.7. The average molecular weight is 245 g/mol. The van der Waals surface area contributed by atoms with E-state index in [0.717, 1.165) is 6.42 Å². The number of hydrogen-bond donors (Lipinski definition) is 1. The first-order chi connectivity index (χ1) is 8.04. The molecule has 98 valence electrons. The molecule has 0 spiro atoms. The Morgan fingerprint density at radius 3 is 2.76 bits per heavy atom. The first-order valence-corrected chi connectivity index (χ1v) is 5.75. The molecule has 17 heavy (non-hydrogen) atoms. The molecule has 1 fully saturated rings. The molecule has 1 rings (SSSR count). The summed E-state index contributed by atoms with van der Waals surface area (Å²) < 4.78 is 10.3. The van der Waals surface area contributed by atoms with Gasteiger partial charge >= 0.3 is 5.97 Å². The lowest BCUT2D eigenvalue weighted by Gasteiger charge is -2.38. The van der Waals surface area contributed by atoms with Crippen LogP contribution in [0.1, 0.15) is 20.3 Å². The molecule has 2 unspecified atom stereocenters. The quantitative estimate of drug-likeness (QED) is 0.744. The molecule has 1 heterocycles. The minimum atomic E-state index is -1.07. The van der Waals surface area contributed by atoms with E-state index >= 15 is 0 Å². The highest BCUT2D eigenvalue weighted by Crippen LogP contribution is 2.14. The van der Waals surface area contributed by atoms with E-state index in [1.54, 1.807) is 4.90 Å². The van der Waals surface area contributed by atoms with Gasteiger partial charge in [-0.25, -0.2) is 4.79 Å². The van der Waals surface area contributed by atoms with Crippen LogP contribution in [0, 0.1) is 0 Å². The third kappa shape index (κ3) is 4.32. The maximum absolute atomic E-state index is 11.8. The van der Waals surface area contributed by atoms with Gasteiger partial charge in [0.2, 0.25) is 5.91 Å². The molecule has 6 nitrogen and oxygen atoms in total. The van der Waals surface area contributed by atoms with Gasteiger partial charge in [-0.1, -0.05) is 6.92 Å². The topological polar surface area (TPSA) is 76.1 Å². The Morgan fingerprint density at radius 1 is 1.47 bits per heavy atom. The molecule has 0 saturated carbocycles. The largest absolute Gasteiger partial charge is 0.480 e. The van der Waals surface area contributed by atoms with Crippen molar-refractivity contribution in [2.75, 3.05) is 26.4 Å². The van der Waals surface area contributed by atoms with E-state index in [-0.39, 0.29) is 24.7 Å². The Morgan fingerprint density at radius 2 is 2.18 bits per heavy atom. The number of aliphatic carboxylic acids is 1. The highest BCUT2D eigenvalue weighted by molar-refractivity contribution is 5.78. The molecule has 1 saturated heterocycles. The number of amides is 1. The molecule has 0 radical (unpaired) electrons. The monoisotopic (exact) mass is 245 g/mol. The van der Waals surface area contributed by atoms with Crippen LogP contribution in [-0.4, -0.2) is 60.4 Å². The molecule has 0 bridgehead atoms. The zero-order valence-electron chi connectivity index (χ0n) is 10.2. The molecule has 2 atom stereocenters. The maximum atomic E-state index is 11.8. The second-order valence-corrected chi connectivity index (χ2v) is 4.14. The fraction of sp³-hybridized carbons (Fsp3) is 0.818. The van der Waals surface area contributed by atoms with Gasteiger partial charge in [0, 0.05) is 6.54 Å². The fourth-order valence-corrected chi connectivity index (χ4v) is 1.80. The molecule has 1 aliphatic heterocycles. The van der Waals surface area contributed by atoms with Gasteiger partial charge in [0.25, 0.3) is 0 Å². The minimum Gasteiger partial charge on any atom is -0.480 e. The van der Waals surface area contributed by atoms with Gasteiger partial charge in [-0.3, -0.25) is 4.79 Å². The molecule has 0 aromatic carbocycles. The Labute approximate surface area is 100 Å². The summed E-state index contributed by atoms with van der Waals surface area (Å²) in [5.74, 6) is -1.24. The maximum Gasteiger partial charge on any atom is 0.329 e. The Bertz CT molecular complexity index is 281. The van der Waals surface area contributed by atoms with Crippen LogP contribution >= 0.6 is 0 Å². The molecular formula is C11H19NO5. The third-order valence-electron chi connectivity index (χ3n) is 2.71. The van der Waals surface area contributed by atoms with Gasteiger partial charge in [-0.15, -0.1) is 0 Å². The van der Waals surface area contributed by atoms with E-state index in [1.165, 1.54) is 0 Å². The molecule has 0 aromatic rings. The number of rotatable bonds is 5. The van der Waals surface area contributed by atoms with Crippen molar-refractivity contribution >= 4 is 11.9 Å². The van der Waals surface area contributed by atoms with E-state index < -0.39 is 12.6 Å². The second kappa shape index (κ2) is 6.56. The summed E-state index contributed by atoms with van der Waals surface area (Å²) in [7, 11) is 0. The smallest absolute Gasteiger partial charge is 0.329 e. The van der Waals surface area contributed by atoms with E-state index in [2.05, 4.69) is 0 Å². The number of morpholine rings is 1. The molecule has 1 aliphatic rings. The van der Waals surface area contributed by atoms with Gasteiger partial charge in [0.15, 0.2) is 0 Å². The van der Waals surface area contributed by atoms with Crippen molar-refractivity contribution in [1.82, 2.24) is 4.90 Å². The van der Waals surface area contributed by atoms with Gasteiger partial charge < -0.3 is 19.5 Å². The average Bonchev–Trinajstić information content (AvgIpc) is 2.28. The van der Waals surface area contributed by atoms with Gasteiger partial charge in [-0.2, -0.15) is 0 Å². The van der Waals surface area contributed by atoms with Crippen LogP contribution in [-0.2, 0) is 19.1 Å².